The Bertz CT molecular complexity index is 566. The van der Waals surface area contributed by atoms with Crippen molar-refractivity contribution in [2.75, 3.05) is 20.1 Å². The Morgan fingerprint density at radius 1 is 1.35 bits per heavy atom. The molecule has 0 amide bonds. The van der Waals surface area contributed by atoms with Gasteiger partial charge in [0.2, 0.25) is 0 Å². The first kappa shape index (κ1) is 13.7. The summed E-state index contributed by atoms with van der Waals surface area (Å²) in [6.45, 7) is 5.24. The maximum absolute atomic E-state index is 4.71. The second-order valence-corrected chi connectivity index (χ2v) is 6.43. The fourth-order valence-electron chi connectivity index (χ4n) is 2.92. The molecule has 1 aromatic carbocycles. The summed E-state index contributed by atoms with van der Waals surface area (Å²) in [7, 11) is 2.06. The van der Waals surface area contributed by atoms with Crippen LogP contribution in [-0.2, 0) is 12.1 Å². The number of nitrogens with one attached hydrogen (secondary N) is 1. The Morgan fingerprint density at radius 2 is 2.15 bits per heavy atom. The zero-order valence-electron chi connectivity index (χ0n) is 12.1. The molecule has 1 N–H and O–H groups in total. The molecule has 1 atom stereocenters. The third-order valence-electron chi connectivity index (χ3n) is 4.10. The Morgan fingerprint density at radius 3 is 2.80 bits per heavy atom. The van der Waals surface area contributed by atoms with E-state index < -0.39 is 0 Å². The quantitative estimate of drug-likeness (QED) is 0.937. The van der Waals surface area contributed by atoms with Gasteiger partial charge in [-0.2, -0.15) is 0 Å². The van der Waals surface area contributed by atoms with Gasteiger partial charge in [0.05, 0.1) is 5.54 Å². The highest BCUT2D eigenvalue weighted by Crippen LogP contribution is 2.34. The van der Waals surface area contributed by atoms with Crippen LogP contribution in [0.1, 0.15) is 22.7 Å². The van der Waals surface area contributed by atoms with Crippen molar-refractivity contribution in [1.82, 2.24) is 15.2 Å². The van der Waals surface area contributed by atoms with Crippen LogP contribution in [-0.4, -0.2) is 30.0 Å². The summed E-state index contributed by atoms with van der Waals surface area (Å²) < 4.78 is 0. The van der Waals surface area contributed by atoms with Crippen LogP contribution in [0, 0.1) is 6.92 Å². The van der Waals surface area contributed by atoms with Gasteiger partial charge in [-0.25, -0.2) is 4.98 Å². The smallest absolute Gasteiger partial charge is 0.114 e. The summed E-state index contributed by atoms with van der Waals surface area (Å²) in [6, 6.07) is 10.7. The topological polar surface area (TPSA) is 28.2 Å². The van der Waals surface area contributed by atoms with Crippen molar-refractivity contribution in [2.24, 2.45) is 0 Å². The molecule has 20 heavy (non-hydrogen) atoms. The van der Waals surface area contributed by atoms with Gasteiger partial charge in [0.15, 0.2) is 0 Å². The van der Waals surface area contributed by atoms with Crippen molar-refractivity contribution < 1.29 is 0 Å². The molecule has 1 aliphatic rings. The number of nitrogens with zero attached hydrogens (tertiary/aromatic N) is 2. The van der Waals surface area contributed by atoms with E-state index in [1.54, 1.807) is 11.3 Å². The zero-order chi connectivity index (χ0) is 14.0. The molecule has 1 fully saturated rings. The van der Waals surface area contributed by atoms with Crippen molar-refractivity contribution in [3.8, 4) is 0 Å². The molecule has 1 aromatic heterocycles. The molecule has 2 heterocycles. The van der Waals surface area contributed by atoms with Gasteiger partial charge in [-0.3, -0.25) is 4.90 Å². The van der Waals surface area contributed by atoms with Gasteiger partial charge in [-0.1, -0.05) is 30.3 Å². The predicted octanol–water partition coefficient (Wildman–Crippen LogP) is 2.77. The number of hydrogen-bond donors (Lipinski definition) is 1. The normalized spacial score (nSPS) is 23.3. The lowest BCUT2D eigenvalue weighted by Crippen LogP contribution is -2.42. The Balaban J connectivity index is 1.74. The number of likely N-dealkylation sites (tertiary alicyclic amines) is 1. The molecule has 0 aliphatic carbocycles. The van der Waals surface area contributed by atoms with E-state index in [9.17, 15) is 0 Å². The highest BCUT2D eigenvalue weighted by atomic mass is 32.1. The fraction of sp³-hybridized carbons (Fsp3) is 0.438. The van der Waals surface area contributed by atoms with Gasteiger partial charge < -0.3 is 5.32 Å². The maximum Gasteiger partial charge on any atom is 0.114 e. The number of rotatable bonds is 4. The van der Waals surface area contributed by atoms with Crippen molar-refractivity contribution in [1.29, 1.82) is 0 Å². The Hall–Kier alpha value is -1.23. The van der Waals surface area contributed by atoms with Crippen molar-refractivity contribution >= 4 is 11.3 Å². The average molecular weight is 287 g/mol. The van der Waals surface area contributed by atoms with Gasteiger partial charge in [0, 0.05) is 30.7 Å². The summed E-state index contributed by atoms with van der Waals surface area (Å²) in [5.41, 5.74) is 2.55. The van der Waals surface area contributed by atoms with Gasteiger partial charge in [0.25, 0.3) is 0 Å². The monoisotopic (exact) mass is 287 g/mol. The van der Waals surface area contributed by atoms with Gasteiger partial charge in [-0.15, -0.1) is 11.3 Å². The van der Waals surface area contributed by atoms with Crippen molar-refractivity contribution in [3.05, 3.63) is 52.0 Å². The number of hydrogen-bond acceptors (Lipinski definition) is 4. The summed E-state index contributed by atoms with van der Waals surface area (Å²) in [6.07, 6.45) is 1.13. The number of aryl methyl sites for hydroxylation is 1. The van der Waals surface area contributed by atoms with Crippen LogP contribution in [0.15, 0.2) is 35.7 Å². The molecule has 2 aromatic rings. The van der Waals surface area contributed by atoms with Crippen LogP contribution in [0.3, 0.4) is 0 Å². The van der Waals surface area contributed by atoms with E-state index >= 15 is 0 Å². The average Bonchev–Trinajstić information content (AvgIpc) is 3.07. The molecule has 1 saturated heterocycles. The first-order chi connectivity index (χ1) is 9.72. The number of thiazole rings is 1. The van der Waals surface area contributed by atoms with E-state index in [2.05, 4.69) is 59.9 Å². The minimum absolute atomic E-state index is 0.0354. The minimum Gasteiger partial charge on any atom is -0.307 e. The third-order valence-corrected chi connectivity index (χ3v) is 5.27. The summed E-state index contributed by atoms with van der Waals surface area (Å²) in [5, 5.41) is 6.91. The first-order valence-corrected chi connectivity index (χ1v) is 7.98. The van der Waals surface area contributed by atoms with Crippen LogP contribution < -0.4 is 5.32 Å². The summed E-state index contributed by atoms with van der Waals surface area (Å²) in [4.78, 5) is 7.22. The van der Waals surface area contributed by atoms with Gasteiger partial charge in [0.1, 0.15) is 5.01 Å². The molecule has 0 saturated carbocycles. The molecule has 1 unspecified atom stereocenters. The lowest BCUT2D eigenvalue weighted by Gasteiger charge is -2.27. The number of benzene rings is 1. The van der Waals surface area contributed by atoms with E-state index in [0.29, 0.717) is 0 Å². The Labute approximate surface area is 124 Å². The van der Waals surface area contributed by atoms with E-state index in [0.717, 1.165) is 31.7 Å². The second-order valence-electron chi connectivity index (χ2n) is 5.57. The highest BCUT2D eigenvalue weighted by molar-refractivity contribution is 7.09. The zero-order valence-corrected chi connectivity index (χ0v) is 12.9. The standard InChI is InChI=1S/C16H21N3S/c1-13-11-20-15(18-13)16(17-2)8-9-19(12-16)10-14-6-4-3-5-7-14/h3-7,11,17H,8-10,12H2,1-2H3. The van der Waals surface area contributed by atoms with Gasteiger partial charge in [-0.05, 0) is 26.0 Å². The largest absolute Gasteiger partial charge is 0.307 e. The SMILES string of the molecule is CNC1(c2nc(C)cs2)CCN(Cc2ccccc2)C1. The Kier molecular flexibility index (Phi) is 3.87. The molecular formula is C16H21N3S. The first-order valence-electron chi connectivity index (χ1n) is 7.10. The molecular weight excluding hydrogens is 266 g/mol. The van der Waals surface area contributed by atoms with Crippen molar-refractivity contribution in [3.63, 3.8) is 0 Å². The van der Waals surface area contributed by atoms with Gasteiger partial charge >= 0.3 is 0 Å². The van der Waals surface area contributed by atoms with Crippen LogP contribution in [0.5, 0.6) is 0 Å². The number of aromatic nitrogens is 1. The van der Waals surface area contributed by atoms with E-state index in [1.165, 1.54) is 10.6 Å². The van der Waals surface area contributed by atoms with Crippen LogP contribution >= 0.6 is 11.3 Å². The number of likely N-dealkylation sites (N-methyl/N-ethyl adjacent to an activating group) is 1. The fourth-order valence-corrected chi connectivity index (χ4v) is 3.95. The molecule has 0 spiro atoms. The molecule has 106 valence electrons. The summed E-state index contributed by atoms with van der Waals surface area (Å²) in [5.74, 6) is 0. The highest BCUT2D eigenvalue weighted by Gasteiger charge is 2.40. The van der Waals surface area contributed by atoms with Crippen LogP contribution in [0.4, 0.5) is 0 Å². The van der Waals surface area contributed by atoms with E-state index in [-0.39, 0.29) is 5.54 Å². The molecule has 3 nitrogen and oxygen atoms in total. The lowest BCUT2D eigenvalue weighted by molar-refractivity contribution is 0.285. The van der Waals surface area contributed by atoms with Crippen LogP contribution in [0.25, 0.3) is 0 Å². The molecule has 0 radical (unpaired) electrons. The molecule has 1 aliphatic heterocycles. The van der Waals surface area contributed by atoms with Crippen LogP contribution in [0.2, 0.25) is 0 Å². The maximum atomic E-state index is 4.71. The third kappa shape index (κ3) is 2.64. The van der Waals surface area contributed by atoms with E-state index in [4.69, 9.17) is 4.98 Å². The predicted molar refractivity (Wildman–Crippen MR) is 83.9 cm³/mol. The minimum atomic E-state index is 0.0354. The van der Waals surface area contributed by atoms with E-state index in [1.807, 2.05) is 0 Å². The van der Waals surface area contributed by atoms with Crippen molar-refractivity contribution in [2.45, 2.75) is 25.4 Å². The second kappa shape index (κ2) is 5.64. The molecule has 4 heteroatoms. The molecule has 0 bridgehead atoms. The summed E-state index contributed by atoms with van der Waals surface area (Å²) >= 11 is 1.78. The lowest BCUT2D eigenvalue weighted by atomic mass is 10.00. The molecule has 3 rings (SSSR count).